The Morgan fingerprint density at radius 3 is 0.805 bits per heavy atom. The molecule has 10 nitrogen and oxygen atoms in total. The molecule has 0 rings (SSSR count). The standard InChI is InChI=1S/C14H32O5Si.C8H18O5.C7H18Si/c1-14(2,3)20(4,5)19-13-12-18-11-10-17-9-8-16-7-6-15;9-1-3-11-5-7-13-8-6-12-4-2-10;1-7(2,3)8(4,5)6/h15H,6-13H2,1-5H3;9-10H,1-8H2;1-6H3. The van der Waals surface area contributed by atoms with Crippen LogP contribution >= 0.6 is 0 Å². The molecule has 0 aromatic rings. The third-order valence-electron chi connectivity index (χ3n) is 6.94. The molecule has 0 aliphatic heterocycles. The lowest BCUT2D eigenvalue weighted by atomic mass is 10.2. The molecule has 0 aromatic heterocycles. The van der Waals surface area contributed by atoms with Crippen molar-refractivity contribution in [3.8, 4) is 0 Å². The van der Waals surface area contributed by atoms with Crippen LogP contribution in [0.2, 0.25) is 42.8 Å². The maximum absolute atomic E-state index is 8.50. The Balaban J connectivity index is -0.000000587. The predicted octanol–water partition coefficient (Wildman–Crippen LogP) is 4.20. The van der Waals surface area contributed by atoms with Crippen LogP contribution in [-0.4, -0.2) is 137 Å². The lowest BCUT2D eigenvalue weighted by Gasteiger charge is -2.36. The number of rotatable bonds is 22. The average Bonchev–Trinajstić information content (AvgIpc) is 2.85. The Labute approximate surface area is 254 Å². The van der Waals surface area contributed by atoms with Gasteiger partial charge in [0, 0.05) is 8.07 Å². The van der Waals surface area contributed by atoms with Crippen LogP contribution in [0.25, 0.3) is 0 Å². The summed E-state index contributed by atoms with van der Waals surface area (Å²) in [6.07, 6.45) is 0. The maximum atomic E-state index is 8.50. The number of ether oxygens (including phenoxy) is 6. The molecule has 12 heteroatoms. The summed E-state index contributed by atoms with van der Waals surface area (Å²) < 4.78 is 36.9. The summed E-state index contributed by atoms with van der Waals surface area (Å²) in [4.78, 5) is 0. The van der Waals surface area contributed by atoms with Crippen LogP contribution in [0.5, 0.6) is 0 Å². The molecular weight excluding hydrogens is 564 g/mol. The zero-order valence-corrected chi connectivity index (χ0v) is 30.5. The molecule has 0 unspecified atom stereocenters. The van der Waals surface area contributed by atoms with Gasteiger partial charge >= 0.3 is 0 Å². The zero-order valence-electron chi connectivity index (χ0n) is 28.5. The van der Waals surface area contributed by atoms with Gasteiger partial charge in [0.1, 0.15) is 0 Å². The van der Waals surface area contributed by atoms with Crippen molar-refractivity contribution in [1.29, 1.82) is 0 Å². The summed E-state index contributed by atoms with van der Waals surface area (Å²) in [5, 5.41) is 26.0. The van der Waals surface area contributed by atoms with Gasteiger partial charge in [0.05, 0.1) is 106 Å². The minimum atomic E-state index is -1.65. The first-order valence-electron chi connectivity index (χ1n) is 14.9. The molecule has 0 saturated carbocycles. The molecule has 0 saturated heterocycles. The molecule has 0 aliphatic rings. The van der Waals surface area contributed by atoms with Gasteiger partial charge < -0.3 is 48.2 Å². The van der Waals surface area contributed by atoms with E-state index in [2.05, 4.69) is 74.3 Å². The number of aliphatic hydroxyl groups is 3. The van der Waals surface area contributed by atoms with Crippen molar-refractivity contribution < 1.29 is 48.2 Å². The topological polar surface area (TPSA) is 125 Å². The second kappa shape index (κ2) is 27.6. The van der Waals surface area contributed by atoms with Crippen molar-refractivity contribution in [3.63, 3.8) is 0 Å². The van der Waals surface area contributed by atoms with Crippen LogP contribution in [-0.2, 0) is 32.8 Å². The molecule has 0 spiro atoms. The Morgan fingerprint density at radius 1 is 0.390 bits per heavy atom. The molecule has 0 aromatic carbocycles. The smallest absolute Gasteiger partial charge is 0.192 e. The van der Waals surface area contributed by atoms with Crippen molar-refractivity contribution in [2.75, 3.05) is 106 Å². The van der Waals surface area contributed by atoms with E-state index in [-0.39, 0.29) is 24.9 Å². The fourth-order valence-electron chi connectivity index (χ4n) is 1.85. The average molecular weight is 633 g/mol. The van der Waals surface area contributed by atoms with Crippen LogP contribution in [0.3, 0.4) is 0 Å². The summed E-state index contributed by atoms with van der Waals surface area (Å²) >= 11 is 0. The first-order valence-corrected chi connectivity index (χ1v) is 21.3. The van der Waals surface area contributed by atoms with E-state index >= 15 is 0 Å². The highest BCUT2D eigenvalue weighted by Crippen LogP contribution is 2.36. The van der Waals surface area contributed by atoms with Crippen molar-refractivity contribution in [3.05, 3.63) is 0 Å². The molecule has 0 radical (unpaired) electrons. The van der Waals surface area contributed by atoms with Crippen LogP contribution in [0.4, 0.5) is 0 Å². The summed E-state index contributed by atoms with van der Waals surface area (Å²) in [5.74, 6) is 0. The van der Waals surface area contributed by atoms with Gasteiger partial charge in [-0.3, -0.25) is 0 Å². The van der Waals surface area contributed by atoms with Crippen LogP contribution in [0.15, 0.2) is 0 Å². The fraction of sp³-hybridized carbons (Fsp3) is 1.00. The minimum Gasteiger partial charge on any atom is -0.414 e. The van der Waals surface area contributed by atoms with Gasteiger partial charge in [-0.2, -0.15) is 0 Å². The van der Waals surface area contributed by atoms with E-state index in [1.165, 1.54) is 0 Å². The van der Waals surface area contributed by atoms with Gasteiger partial charge in [0.2, 0.25) is 0 Å². The quantitative estimate of drug-likeness (QED) is 0.118. The molecule has 3 N–H and O–H groups in total. The van der Waals surface area contributed by atoms with Crippen molar-refractivity contribution >= 4 is 16.4 Å². The summed E-state index contributed by atoms with van der Waals surface area (Å²) in [5.41, 5.74) is 0. The molecule has 0 atom stereocenters. The zero-order chi connectivity index (χ0) is 32.3. The molecule has 0 amide bonds. The monoisotopic (exact) mass is 632 g/mol. The maximum Gasteiger partial charge on any atom is 0.192 e. The van der Waals surface area contributed by atoms with Crippen LogP contribution in [0.1, 0.15) is 41.5 Å². The first kappa shape index (κ1) is 45.5. The Hall–Kier alpha value is 0.0338. The van der Waals surface area contributed by atoms with E-state index in [9.17, 15) is 0 Å². The van der Waals surface area contributed by atoms with Crippen molar-refractivity contribution in [2.45, 2.75) is 84.4 Å². The lowest BCUT2D eigenvalue weighted by Crippen LogP contribution is -2.41. The summed E-state index contributed by atoms with van der Waals surface area (Å²) in [7, 11) is -2.51. The van der Waals surface area contributed by atoms with E-state index in [1.54, 1.807) is 0 Å². The van der Waals surface area contributed by atoms with Gasteiger partial charge in [0.15, 0.2) is 8.32 Å². The molecule has 0 heterocycles. The van der Waals surface area contributed by atoms with Gasteiger partial charge in [-0.25, -0.2) is 0 Å². The number of hydrogen-bond acceptors (Lipinski definition) is 10. The van der Waals surface area contributed by atoms with E-state index in [0.717, 1.165) is 0 Å². The molecule has 41 heavy (non-hydrogen) atoms. The molecule has 0 fully saturated rings. The van der Waals surface area contributed by atoms with Gasteiger partial charge in [-0.1, -0.05) is 61.2 Å². The van der Waals surface area contributed by atoms with Crippen molar-refractivity contribution in [1.82, 2.24) is 0 Å². The molecule has 0 aliphatic carbocycles. The Morgan fingerprint density at radius 2 is 0.610 bits per heavy atom. The molecule has 252 valence electrons. The third kappa shape index (κ3) is 32.8. The highest BCUT2D eigenvalue weighted by Gasteiger charge is 2.36. The van der Waals surface area contributed by atoms with Crippen LogP contribution < -0.4 is 0 Å². The first-order chi connectivity index (χ1) is 19.0. The molecular formula is C29H68O10Si2. The van der Waals surface area contributed by atoms with E-state index in [4.69, 9.17) is 48.2 Å². The summed E-state index contributed by atoms with van der Waals surface area (Å²) in [6.45, 7) is 32.0. The normalized spacial score (nSPS) is 12.4. The largest absolute Gasteiger partial charge is 0.414 e. The van der Waals surface area contributed by atoms with Gasteiger partial charge in [-0.05, 0) is 23.2 Å². The highest BCUT2D eigenvalue weighted by molar-refractivity contribution is 6.78. The highest BCUT2D eigenvalue weighted by atomic mass is 28.4. The summed E-state index contributed by atoms with van der Waals surface area (Å²) in [6, 6.07) is 0. The number of aliphatic hydroxyl groups excluding tert-OH is 3. The van der Waals surface area contributed by atoms with Crippen LogP contribution in [0, 0.1) is 0 Å². The molecule has 0 bridgehead atoms. The SMILES string of the molecule is CC(C)(C)[Si](C)(C)C.CC(C)(C)[Si](C)(C)OCCOCCOCCOCCO.OCCOCCOCCOCCO. The van der Waals surface area contributed by atoms with E-state index in [1.807, 2.05) is 0 Å². The lowest BCUT2D eigenvalue weighted by molar-refractivity contribution is 0.00230. The van der Waals surface area contributed by atoms with Gasteiger partial charge in [0.25, 0.3) is 0 Å². The fourth-order valence-corrected chi connectivity index (χ4v) is 2.88. The van der Waals surface area contributed by atoms with Crippen molar-refractivity contribution in [2.24, 2.45) is 0 Å². The number of hydrogen-bond donors (Lipinski definition) is 3. The van der Waals surface area contributed by atoms with Gasteiger partial charge in [-0.15, -0.1) is 0 Å². The van der Waals surface area contributed by atoms with E-state index < -0.39 is 16.4 Å². The second-order valence-electron chi connectivity index (χ2n) is 13.0. The Kier molecular flexibility index (Phi) is 30.6. The predicted molar refractivity (Wildman–Crippen MR) is 172 cm³/mol. The minimum absolute atomic E-state index is 0.0413. The second-order valence-corrected chi connectivity index (χ2v) is 23.8. The Bertz CT molecular complexity index is 511. The van der Waals surface area contributed by atoms with E-state index in [0.29, 0.717) is 90.9 Å². The third-order valence-corrected chi connectivity index (χ3v) is 16.0.